The van der Waals surface area contributed by atoms with E-state index in [0.717, 1.165) is 18.4 Å². The predicted octanol–water partition coefficient (Wildman–Crippen LogP) is 4.86. The van der Waals surface area contributed by atoms with Crippen molar-refractivity contribution in [2.75, 3.05) is 27.3 Å². The average Bonchev–Trinajstić information content (AvgIpc) is 3.17. The van der Waals surface area contributed by atoms with Crippen LogP contribution in [0.1, 0.15) is 44.2 Å². The summed E-state index contributed by atoms with van der Waals surface area (Å²) in [6.07, 6.45) is 1.35. The average molecular weight is 440 g/mol. The molecular weight excluding hydrogens is 406 g/mol. The van der Waals surface area contributed by atoms with E-state index in [-0.39, 0.29) is 17.8 Å². The minimum atomic E-state index is -0.695. The molecule has 6 heteroatoms. The Morgan fingerprint density at radius 3 is 2.47 bits per heavy atom. The summed E-state index contributed by atoms with van der Waals surface area (Å²) in [5.74, 6) is 1.18. The van der Waals surface area contributed by atoms with Crippen LogP contribution in [0, 0.1) is 5.41 Å². The molecule has 1 aliphatic rings. The number of carbonyl (C=O) groups is 2. The van der Waals surface area contributed by atoms with Gasteiger partial charge in [0.25, 0.3) is 0 Å². The Bertz CT molecular complexity index is 944. The molecule has 1 saturated heterocycles. The van der Waals surface area contributed by atoms with Gasteiger partial charge in [0.2, 0.25) is 0 Å². The molecule has 172 valence electrons. The molecule has 2 aromatic rings. The molecule has 0 radical (unpaired) electrons. The summed E-state index contributed by atoms with van der Waals surface area (Å²) in [4.78, 5) is 26.3. The maximum absolute atomic E-state index is 12.6. The van der Waals surface area contributed by atoms with E-state index in [1.807, 2.05) is 50.2 Å². The quantitative estimate of drug-likeness (QED) is 0.588. The lowest BCUT2D eigenvalue weighted by Gasteiger charge is -2.28. The zero-order chi connectivity index (χ0) is 23.3. The molecule has 1 unspecified atom stereocenters. The van der Waals surface area contributed by atoms with Crippen LogP contribution >= 0.6 is 0 Å². The Morgan fingerprint density at radius 1 is 1.12 bits per heavy atom. The standard InChI is InChI=1S/C26H33NO5/c1-18(11-12-20-9-7-6-8-10-20)32-24-15-21(13-14-23(24)30-4)22-16-27(25(29)31-5)17-26(22,3)19(2)28/h6-10,13-15,18,22H,11-12,16-17H2,1-5H3/t18?,22-,26-/m0/s1. The van der Waals surface area contributed by atoms with E-state index < -0.39 is 11.5 Å². The Balaban J connectivity index is 1.81. The van der Waals surface area contributed by atoms with Crippen LogP contribution in [0.4, 0.5) is 4.79 Å². The van der Waals surface area contributed by atoms with Crippen molar-refractivity contribution >= 4 is 11.9 Å². The van der Waals surface area contributed by atoms with Gasteiger partial charge in [0.15, 0.2) is 11.5 Å². The van der Waals surface area contributed by atoms with Gasteiger partial charge >= 0.3 is 6.09 Å². The molecule has 0 saturated carbocycles. The van der Waals surface area contributed by atoms with Crippen molar-refractivity contribution in [3.63, 3.8) is 0 Å². The van der Waals surface area contributed by atoms with Crippen LogP contribution < -0.4 is 9.47 Å². The Kier molecular flexibility index (Phi) is 7.44. The summed E-state index contributed by atoms with van der Waals surface area (Å²) >= 11 is 0. The van der Waals surface area contributed by atoms with Gasteiger partial charge in [-0.3, -0.25) is 4.79 Å². The van der Waals surface area contributed by atoms with Gasteiger partial charge in [0, 0.05) is 19.0 Å². The molecule has 0 bridgehead atoms. The van der Waals surface area contributed by atoms with Crippen molar-refractivity contribution in [1.29, 1.82) is 0 Å². The van der Waals surface area contributed by atoms with Crippen molar-refractivity contribution in [2.45, 2.75) is 45.6 Å². The van der Waals surface area contributed by atoms with E-state index in [2.05, 4.69) is 12.1 Å². The number of carbonyl (C=O) groups excluding carboxylic acids is 2. The third-order valence-electron chi connectivity index (χ3n) is 6.53. The van der Waals surface area contributed by atoms with Crippen LogP contribution in [-0.2, 0) is 16.0 Å². The minimum Gasteiger partial charge on any atom is -0.493 e. The third kappa shape index (κ3) is 5.06. The van der Waals surface area contributed by atoms with Crippen LogP contribution in [-0.4, -0.2) is 50.2 Å². The van der Waals surface area contributed by atoms with E-state index in [4.69, 9.17) is 14.2 Å². The van der Waals surface area contributed by atoms with Crippen LogP contribution in [0.2, 0.25) is 0 Å². The molecule has 3 atom stereocenters. The number of Topliss-reactive ketones (excluding diaryl/α,β-unsaturated/α-hetero) is 1. The van der Waals surface area contributed by atoms with Crippen LogP contribution in [0.25, 0.3) is 0 Å². The second-order valence-electron chi connectivity index (χ2n) is 8.74. The fourth-order valence-corrected chi connectivity index (χ4v) is 4.38. The highest BCUT2D eigenvalue weighted by Gasteiger charge is 2.49. The first-order chi connectivity index (χ1) is 15.3. The topological polar surface area (TPSA) is 65.1 Å². The lowest BCUT2D eigenvalue weighted by molar-refractivity contribution is -0.125. The molecule has 1 heterocycles. The summed E-state index contributed by atoms with van der Waals surface area (Å²) in [5.41, 5.74) is 1.52. The number of hydrogen-bond donors (Lipinski definition) is 0. The molecule has 1 aliphatic heterocycles. The molecule has 32 heavy (non-hydrogen) atoms. The number of hydrogen-bond acceptors (Lipinski definition) is 5. The zero-order valence-electron chi connectivity index (χ0n) is 19.6. The van der Waals surface area contributed by atoms with Gasteiger partial charge in [-0.2, -0.15) is 0 Å². The molecule has 0 aliphatic carbocycles. The van der Waals surface area contributed by atoms with Crippen molar-refractivity contribution in [3.8, 4) is 11.5 Å². The van der Waals surface area contributed by atoms with Crippen LogP contribution in [0.3, 0.4) is 0 Å². The van der Waals surface area contributed by atoms with Crippen LogP contribution in [0.15, 0.2) is 48.5 Å². The fraction of sp³-hybridized carbons (Fsp3) is 0.462. The Morgan fingerprint density at radius 2 is 1.84 bits per heavy atom. The van der Waals surface area contributed by atoms with E-state index in [0.29, 0.717) is 24.6 Å². The molecule has 3 rings (SSSR count). The number of likely N-dealkylation sites (tertiary alicyclic amines) is 1. The lowest BCUT2D eigenvalue weighted by atomic mass is 9.73. The SMILES string of the molecule is COC(=O)N1C[C@@H](c2ccc(OC)c(OC(C)CCc3ccccc3)c2)[C@](C)(C(C)=O)C1. The van der Waals surface area contributed by atoms with Gasteiger partial charge in [-0.1, -0.05) is 43.3 Å². The Hall–Kier alpha value is -3.02. The van der Waals surface area contributed by atoms with Crippen molar-refractivity contribution in [2.24, 2.45) is 5.41 Å². The molecule has 2 aromatic carbocycles. The van der Waals surface area contributed by atoms with Crippen LogP contribution in [0.5, 0.6) is 11.5 Å². The van der Waals surface area contributed by atoms with Crippen molar-refractivity contribution < 1.29 is 23.8 Å². The highest BCUT2D eigenvalue weighted by atomic mass is 16.5. The van der Waals surface area contributed by atoms with E-state index >= 15 is 0 Å². The van der Waals surface area contributed by atoms with Crippen molar-refractivity contribution in [1.82, 2.24) is 4.90 Å². The van der Waals surface area contributed by atoms with Gasteiger partial charge in [-0.15, -0.1) is 0 Å². The summed E-state index contributed by atoms with van der Waals surface area (Å²) in [6.45, 7) is 6.29. The highest BCUT2D eigenvalue weighted by molar-refractivity contribution is 5.85. The van der Waals surface area contributed by atoms with Gasteiger partial charge < -0.3 is 19.1 Å². The number of rotatable bonds is 8. The fourth-order valence-electron chi connectivity index (χ4n) is 4.38. The maximum atomic E-state index is 12.6. The van der Waals surface area contributed by atoms with E-state index in [9.17, 15) is 9.59 Å². The van der Waals surface area contributed by atoms with Gasteiger partial charge in [-0.05, 0) is 49.9 Å². The summed E-state index contributed by atoms with van der Waals surface area (Å²) in [7, 11) is 2.97. The Labute approximate surface area is 190 Å². The number of benzene rings is 2. The molecule has 0 spiro atoms. The van der Waals surface area contributed by atoms with Crippen molar-refractivity contribution in [3.05, 3.63) is 59.7 Å². The first-order valence-corrected chi connectivity index (χ1v) is 11.0. The van der Waals surface area contributed by atoms with E-state index in [1.165, 1.54) is 12.7 Å². The summed E-state index contributed by atoms with van der Waals surface area (Å²) in [5, 5.41) is 0. The van der Waals surface area contributed by atoms with Gasteiger partial charge in [0.1, 0.15) is 5.78 Å². The molecule has 0 aromatic heterocycles. The number of nitrogens with zero attached hydrogens (tertiary/aromatic N) is 1. The number of amides is 1. The maximum Gasteiger partial charge on any atom is 0.409 e. The summed E-state index contributed by atoms with van der Waals surface area (Å²) < 4.78 is 16.7. The first-order valence-electron chi connectivity index (χ1n) is 11.0. The van der Waals surface area contributed by atoms with Gasteiger partial charge in [0.05, 0.1) is 25.7 Å². The number of ketones is 1. The number of aryl methyl sites for hydroxylation is 1. The monoisotopic (exact) mass is 439 g/mol. The predicted molar refractivity (Wildman–Crippen MR) is 123 cm³/mol. The largest absolute Gasteiger partial charge is 0.493 e. The second-order valence-corrected chi connectivity index (χ2v) is 8.74. The smallest absolute Gasteiger partial charge is 0.409 e. The summed E-state index contributed by atoms with van der Waals surface area (Å²) in [6, 6.07) is 16.1. The zero-order valence-corrected chi connectivity index (χ0v) is 19.6. The first kappa shape index (κ1) is 23.6. The third-order valence-corrected chi connectivity index (χ3v) is 6.53. The number of ether oxygens (including phenoxy) is 3. The molecule has 1 fully saturated rings. The normalized spacial score (nSPS) is 21.2. The molecule has 0 N–H and O–H groups in total. The minimum absolute atomic E-state index is 0.0197. The van der Waals surface area contributed by atoms with E-state index in [1.54, 1.807) is 18.9 Å². The lowest BCUT2D eigenvalue weighted by Crippen LogP contribution is -2.35. The highest BCUT2D eigenvalue weighted by Crippen LogP contribution is 2.45. The molecular formula is C26H33NO5. The second kappa shape index (κ2) is 10.1. The molecule has 1 amide bonds. The van der Waals surface area contributed by atoms with Gasteiger partial charge in [-0.25, -0.2) is 4.79 Å². The molecule has 6 nitrogen and oxygen atoms in total. The number of methoxy groups -OCH3 is 2.